The molecule has 0 atom stereocenters. The molecule has 0 fully saturated rings. The van der Waals surface area contributed by atoms with E-state index < -0.39 is 0 Å². The zero-order valence-corrected chi connectivity index (χ0v) is 24.9. The van der Waals surface area contributed by atoms with Gasteiger partial charge < -0.3 is 0 Å². The van der Waals surface area contributed by atoms with Gasteiger partial charge in [-0.3, -0.25) is 4.98 Å². The smallest absolute Gasteiger partial charge is 0.160 e. The normalized spacial score (nSPS) is 11.5. The van der Waals surface area contributed by atoms with Crippen LogP contribution in [0.15, 0.2) is 164 Å². The summed E-state index contributed by atoms with van der Waals surface area (Å²) >= 11 is 0. The van der Waals surface area contributed by atoms with Crippen molar-refractivity contribution in [2.24, 2.45) is 0 Å². The van der Waals surface area contributed by atoms with Gasteiger partial charge in [-0.1, -0.05) is 133 Å². The minimum absolute atomic E-state index is 0.708. The van der Waals surface area contributed by atoms with E-state index in [1.807, 2.05) is 30.5 Å². The highest BCUT2D eigenvalue weighted by molar-refractivity contribution is 6.19. The third-order valence-electron chi connectivity index (χ3n) is 8.92. The number of benzene rings is 7. The van der Waals surface area contributed by atoms with E-state index in [2.05, 4.69) is 138 Å². The first kappa shape index (κ1) is 26.2. The van der Waals surface area contributed by atoms with Crippen molar-refractivity contribution in [3.63, 3.8) is 0 Å². The number of fused-ring (bicyclic) bond motifs is 5. The first-order chi connectivity index (χ1) is 22.8. The van der Waals surface area contributed by atoms with Crippen molar-refractivity contribution in [1.82, 2.24) is 15.0 Å². The predicted molar refractivity (Wildman–Crippen MR) is 192 cm³/mol. The van der Waals surface area contributed by atoms with Crippen molar-refractivity contribution in [2.75, 3.05) is 0 Å². The lowest BCUT2D eigenvalue weighted by atomic mass is 9.91. The van der Waals surface area contributed by atoms with Crippen molar-refractivity contribution in [1.29, 1.82) is 0 Å². The maximum Gasteiger partial charge on any atom is 0.160 e. The fraction of sp³-hybridized carbons (Fsp3) is 0. The number of nitrogens with zero attached hydrogens (tertiary/aromatic N) is 3. The van der Waals surface area contributed by atoms with Gasteiger partial charge in [-0.05, 0) is 67.7 Å². The van der Waals surface area contributed by atoms with Gasteiger partial charge in [-0.2, -0.15) is 0 Å². The Bertz CT molecular complexity index is 2570. The van der Waals surface area contributed by atoms with Gasteiger partial charge in [0.2, 0.25) is 0 Å². The summed E-state index contributed by atoms with van der Waals surface area (Å²) in [5.41, 5.74) is 8.25. The standard InChI is InChI=1S/C43H27N3/c1-2-11-31(12-3-1)43-45-40(30-20-18-29(19-21-30)34-24-25-44-39-17-9-8-16-36(34)39)27-41(46-43)42-35-15-7-5-13-32(35)26-38-33-14-6-4-10-28(33)22-23-37(38)42/h1-27H. The lowest BCUT2D eigenvalue weighted by molar-refractivity contribution is 1.19. The minimum atomic E-state index is 0.708. The third kappa shape index (κ3) is 4.41. The summed E-state index contributed by atoms with van der Waals surface area (Å²) in [5, 5.41) is 8.38. The zero-order chi connectivity index (χ0) is 30.5. The molecule has 0 radical (unpaired) electrons. The number of para-hydroxylation sites is 1. The Morgan fingerprint density at radius 2 is 1.04 bits per heavy atom. The number of hydrogen-bond acceptors (Lipinski definition) is 3. The number of aromatic nitrogens is 3. The van der Waals surface area contributed by atoms with Crippen molar-refractivity contribution in [3.05, 3.63) is 164 Å². The van der Waals surface area contributed by atoms with Gasteiger partial charge in [0.15, 0.2) is 5.82 Å². The van der Waals surface area contributed by atoms with Crippen molar-refractivity contribution in [3.8, 4) is 45.0 Å². The minimum Gasteiger partial charge on any atom is -0.256 e. The van der Waals surface area contributed by atoms with E-state index in [9.17, 15) is 0 Å². The van der Waals surface area contributed by atoms with E-state index >= 15 is 0 Å². The highest BCUT2D eigenvalue weighted by Crippen LogP contribution is 2.40. The predicted octanol–water partition coefficient (Wildman–Crippen LogP) is 11.2. The van der Waals surface area contributed by atoms with Crippen LogP contribution in [0.3, 0.4) is 0 Å². The van der Waals surface area contributed by atoms with E-state index in [-0.39, 0.29) is 0 Å². The number of pyridine rings is 1. The molecule has 2 aromatic heterocycles. The van der Waals surface area contributed by atoms with Crippen molar-refractivity contribution >= 4 is 43.2 Å². The summed E-state index contributed by atoms with van der Waals surface area (Å²) in [6.45, 7) is 0. The molecule has 3 heteroatoms. The maximum absolute atomic E-state index is 5.26. The topological polar surface area (TPSA) is 38.7 Å². The second kappa shape index (κ2) is 10.8. The third-order valence-corrected chi connectivity index (χ3v) is 8.92. The Morgan fingerprint density at radius 3 is 1.89 bits per heavy atom. The molecule has 2 heterocycles. The molecule has 0 aliphatic rings. The molecule has 0 N–H and O–H groups in total. The van der Waals surface area contributed by atoms with Crippen LogP contribution >= 0.6 is 0 Å². The Kier molecular flexibility index (Phi) is 6.14. The molecular formula is C43H27N3. The number of hydrogen-bond donors (Lipinski definition) is 0. The molecule has 214 valence electrons. The van der Waals surface area contributed by atoms with Gasteiger partial charge in [-0.15, -0.1) is 0 Å². The Balaban J connectivity index is 1.28. The molecule has 0 aliphatic carbocycles. The lowest BCUT2D eigenvalue weighted by Crippen LogP contribution is -1.97. The largest absolute Gasteiger partial charge is 0.256 e. The van der Waals surface area contributed by atoms with Gasteiger partial charge in [0.25, 0.3) is 0 Å². The molecule has 9 aromatic rings. The first-order valence-corrected chi connectivity index (χ1v) is 15.5. The average Bonchev–Trinajstić information content (AvgIpc) is 3.14. The van der Waals surface area contributed by atoms with Crippen LogP contribution in [-0.4, -0.2) is 15.0 Å². The fourth-order valence-corrected chi connectivity index (χ4v) is 6.70. The number of rotatable bonds is 4. The molecule has 9 rings (SSSR count). The summed E-state index contributed by atoms with van der Waals surface area (Å²) in [6, 6.07) is 55.5. The van der Waals surface area contributed by atoms with Gasteiger partial charge in [-0.25, -0.2) is 9.97 Å². The SMILES string of the molecule is c1ccc(-c2nc(-c3ccc(-c4ccnc5ccccc45)cc3)cc(-c3c4ccccc4cc4c3ccc3ccccc34)n2)cc1. The molecule has 0 aliphatic heterocycles. The van der Waals surface area contributed by atoms with Gasteiger partial charge >= 0.3 is 0 Å². The van der Waals surface area contributed by atoms with Crippen molar-refractivity contribution < 1.29 is 0 Å². The fourth-order valence-electron chi connectivity index (χ4n) is 6.70. The molecule has 0 spiro atoms. The molecule has 0 saturated heterocycles. The van der Waals surface area contributed by atoms with Crippen LogP contribution in [0, 0.1) is 0 Å². The van der Waals surface area contributed by atoms with Crippen LogP contribution in [-0.2, 0) is 0 Å². The van der Waals surface area contributed by atoms with Crippen LogP contribution < -0.4 is 0 Å². The Labute approximate surface area is 266 Å². The average molecular weight is 586 g/mol. The molecule has 0 saturated carbocycles. The summed E-state index contributed by atoms with van der Waals surface area (Å²) in [4.78, 5) is 15.0. The van der Waals surface area contributed by atoms with Crippen LogP contribution in [0.1, 0.15) is 0 Å². The van der Waals surface area contributed by atoms with E-state index in [4.69, 9.17) is 9.97 Å². The van der Waals surface area contributed by atoms with E-state index in [0.29, 0.717) is 5.82 Å². The highest BCUT2D eigenvalue weighted by atomic mass is 14.9. The first-order valence-electron chi connectivity index (χ1n) is 15.5. The van der Waals surface area contributed by atoms with E-state index in [1.54, 1.807) is 0 Å². The summed E-state index contributed by atoms with van der Waals surface area (Å²) in [5.74, 6) is 0.708. The molecule has 46 heavy (non-hydrogen) atoms. The van der Waals surface area contributed by atoms with Gasteiger partial charge in [0.1, 0.15) is 0 Å². The molecule has 0 bridgehead atoms. The van der Waals surface area contributed by atoms with E-state index in [1.165, 1.54) is 37.9 Å². The van der Waals surface area contributed by atoms with Crippen LogP contribution in [0.5, 0.6) is 0 Å². The molecule has 7 aromatic carbocycles. The van der Waals surface area contributed by atoms with Gasteiger partial charge in [0.05, 0.1) is 16.9 Å². The summed E-state index contributed by atoms with van der Waals surface area (Å²) in [6.07, 6.45) is 1.88. The molecule has 3 nitrogen and oxygen atoms in total. The monoisotopic (exact) mass is 585 g/mol. The summed E-state index contributed by atoms with van der Waals surface area (Å²) in [7, 11) is 0. The lowest BCUT2D eigenvalue weighted by Gasteiger charge is -2.15. The highest BCUT2D eigenvalue weighted by Gasteiger charge is 2.17. The molecule has 0 amide bonds. The maximum atomic E-state index is 5.26. The Morgan fingerprint density at radius 1 is 0.370 bits per heavy atom. The molecule has 0 unspecified atom stereocenters. The van der Waals surface area contributed by atoms with E-state index in [0.717, 1.165) is 44.5 Å². The second-order valence-electron chi connectivity index (χ2n) is 11.6. The van der Waals surface area contributed by atoms with Crippen LogP contribution in [0.2, 0.25) is 0 Å². The van der Waals surface area contributed by atoms with Gasteiger partial charge in [0, 0.05) is 28.3 Å². The zero-order valence-electron chi connectivity index (χ0n) is 24.9. The second-order valence-corrected chi connectivity index (χ2v) is 11.6. The Hall–Kier alpha value is -6.19. The van der Waals surface area contributed by atoms with Crippen molar-refractivity contribution in [2.45, 2.75) is 0 Å². The molecular weight excluding hydrogens is 558 g/mol. The van der Waals surface area contributed by atoms with Crippen LogP contribution in [0.4, 0.5) is 0 Å². The summed E-state index contributed by atoms with van der Waals surface area (Å²) < 4.78 is 0. The quantitative estimate of drug-likeness (QED) is 0.152. The van der Waals surface area contributed by atoms with Crippen LogP contribution in [0.25, 0.3) is 88.2 Å².